The van der Waals surface area contributed by atoms with Crippen molar-refractivity contribution in [1.29, 1.82) is 0 Å². The summed E-state index contributed by atoms with van der Waals surface area (Å²) in [6.45, 7) is 13.2. The molecule has 0 bridgehead atoms. The molecule has 39 heavy (non-hydrogen) atoms. The second kappa shape index (κ2) is 14.1. The molecule has 0 spiro atoms. The van der Waals surface area contributed by atoms with Crippen molar-refractivity contribution in [2.24, 2.45) is 0 Å². The molecule has 2 aromatic rings. The van der Waals surface area contributed by atoms with Gasteiger partial charge in [0.25, 0.3) is 0 Å². The minimum Gasteiger partial charge on any atom is -0.466 e. The number of carbonyl (C=O) groups is 2. The quantitative estimate of drug-likeness (QED) is 0.130. The maximum atomic E-state index is 13.3. The zero-order valence-corrected chi connectivity index (χ0v) is 25.3. The average Bonchev–Trinajstić information content (AvgIpc) is 3.18. The van der Waals surface area contributed by atoms with E-state index in [1.165, 1.54) is 51.4 Å². The number of ether oxygens (including phenoxy) is 2. The summed E-state index contributed by atoms with van der Waals surface area (Å²) in [5.74, 6) is 0.287. The molecule has 0 aromatic heterocycles. The highest BCUT2D eigenvalue weighted by Crippen LogP contribution is 2.51. The molecule has 1 aliphatic heterocycles. The molecule has 1 aliphatic rings. The number of carbonyl (C=O) groups excluding carboxylic acids is 2. The summed E-state index contributed by atoms with van der Waals surface area (Å²) < 4.78 is 11.6. The van der Waals surface area contributed by atoms with Gasteiger partial charge in [-0.2, -0.15) is 0 Å². The first-order valence-electron chi connectivity index (χ1n) is 15.2. The fraction of sp³-hybridized carbons (Fsp3) is 0.600. The third kappa shape index (κ3) is 7.74. The Labute approximate surface area is 236 Å². The molecular formula is C35H50O4. The van der Waals surface area contributed by atoms with Crippen molar-refractivity contribution in [2.45, 2.75) is 129 Å². The molecule has 0 saturated carbocycles. The van der Waals surface area contributed by atoms with Crippen LogP contribution >= 0.6 is 0 Å². The van der Waals surface area contributed by atoms with E-state index in [4.69, 9.17) is 9.47 Å². The van der Waals surface area contributed by atoms with Crippen LogP contribution in [0, 0.1) is 6.92 Å². The minimum atomic E-state index is -0.882. The van der Waals surface area contributed by atoms with Gasteiger partial charge in [0.1, 0.15) is 11.2 Å². The first kappa shape index (κ1) is 30.9. The van der Waals surface area contributed by atoms with E-state index in [1.807, 2.05) is 37.3 Å². The van der Waals surface area contributed by atoms with Crippen LogP contribution in [0.3, 0.4) is 0 Å². The van der Waals surface area contributed by atoms with Crippen LogP contribution in [0.25, 0.3) is 0 Å². The van der Waals surface area contributed by atoms with Gasteiger partial charge in [-0.25, -0.2) is 0 Å². The van der Waals surface area contributed by atoms with Crippen LogP contribution in [-0.2, 0) is 31.6 Å². The Bertz CT molecular complexity index is 1100. The normalized spacial score (nSPS) is 16.7. The maximum Gasteiger partial charge on any atom is 0.326 e. The van der Waals surface area contributed by atoms with Gasteiger partial charge in [0.2, 0.25) is 0 Å². The van der Waals surface area contributed by atoms with Crippen molar-refractivity contribution in [3.05, 3.63) is 64.2 Å². The van der Waals surface area contributed by atoms with Crippen LogP contribution in [0.1, 0.15) is 133 Å². The fourth-order valence-corrected chi connectivity index (χ4v) is 5.75. The molecule has 1 heterocycles. The predicted octanol–water partition coefficient (Wildman–Crippen LogP) is 8.91. The van der Waals surface area contributed by atoms with E-state index in [1.54, 1.807) is 0 Å². The molecule has 0 amide bonds. The van der Waals surface area contributed by atoms with Crippen LogP contribution < -0.4 is 4.74 Å². The SMILES string of the molecule is CCCCCCCCCCCCOC(=O)CCc1cc(C(C)(C)C)c2c(c1C)C(C)(c1ccccc1)C(=O)O2. The Morgan fingerprint density at radius 1 is 0.923 bits per heavy atom. The fourth-order valence-electron chi connectivity index (χ4n) is 5.75. The van der Waals surface area contributed by atoms with Crippen LogP contribution in [-0.4, -0.2) is 18.5 Å². The number of fused-ring (bicyclic) bond motifs is 1. The van der Waals surface area contributed by atoms with Gasteiger partial charge in [-0.15, -0.1) is 0 Å². The monoisotopic (exact) mass is 534 g/mol. The molecule has 2 aromatic carbocycles. The lowest BCUT2D eigenvalue weighted by Gasteiger charge is -2.27. The Hall–Kier alpha value is -2.62. The van der Waals surface area contributed by atoms with Gasteiger partial charge in [0.05, 0.1) is 6.61 Å². The Balaban J connectivity index is 1.60. The topological polar surface area (TPSA) is 52.6 Å². The summed E-state index contributed by atoms with van der Waals surface area (Å²) in [6, 6.07) is 12.0. The summed E-state index contributed by atoms with van der Waals surface area (Å²) in [5, 5.41) is 0. The first-order chi connectivity index (χ1) is 18.6. The van der Waals surface area contributed by atoms with Crippen molar-refractivity contribution in [3.63, 3.8) is 0 Å². The van der Waals surface area contributed by atoms with Crippen molar-refractivity contribution in [3.8, 4) is 5.75 Å². The van der Waals surface area contributed by atoms with E-state index in [-0.39, 0.29) is 17.4 Å². The lowest BCUT2D eigenvalue weighted by molar-refractivity contribution is -0.143. The van der Waals surface area contributed by atoms with Crippen LogP contribution in [0.15, 0.2) is 36.4 Å². The van der Waals surface area contributed by atoms with Crippen LogP contribution in [0.5, 0.6) is 5.75 Å². The lowest BCUT2D eigenvalue weighted by Crippen LogP contribution is -2.32. The van der Waals surface area contributed by atoms with Crippen molar-refractivity contribution >= 4 is 11.9 Å². The maximum absolute atomic E-state index is 13.3. The standard InChI is InChI=1S/C35H50O4/c1-7-8-9-10-11-12-13-14-15-19-24-38-30(36)23-22-27-25-29(34(3,4)5)32-31(26(27)2)35(6,33(37)39-32)28-20-17-16-18-21-28/h16-18,20-21,25H,7-15,19,22-24H2,1-6H3. The van der Waals surface area contributed by atoms with E-state index in [9.17, 15) is 9.59 Å². The minimum absolute atomic E-state index is 0.152. The number of rotatable bonds is 15. The van der Waals surface area contributed by atoms with Crippen molar-refractivity contribution in [2.75, 3.05) is 6.61 Å². The van der Waals surface area contributed by atoms with E-state index in [2.05, 4.69) is 40.7 Å². The highest BCUT2D eigenvalue weighted by molar-refractivity contribution is 5.95. The largest absolute Gasteiger partial charge is 0.466 e. The van der Waals surface area contributed by atoms with Gasteiger partial charge < -0.3 is 9.47 Å². The van der Waals surface area contributed by atoms with Gasteiger partial charge in [0.15, 0.2) is 0 Å². The summed E-state index contributed by atoms with van der Waals surface area (Å²) >= 11 is 0. The molecule has 0 N–H and O–H groups in total. The van der Waals surface area contributed by atoms with Crippen molar-refractivity contribution in [1.82, 2.24) is 0 Å². The zero-order chi connectivity index (χ0) is 28.5. The van der Waals surface area contributed by atoms with Gasteiger partial charge >= 0.3 is 11.9 Å². The third-order valence-electron chi connectivity index (χ3n) is 8.27. The molecule has 4 heteroatoms. The Morgan fingerprint density at radius 3 is 2.10 bits per heavy atom. The zero-order valence-electron chi connectivity index (χ0n) is 25.3. The summed E-state index contributed by atoms with van der Waals surface area (Å²) in [7, 11) is 0. The van der Waals surface area contributed by atoms with E-state index in [0.717, 1.165) is 40.7 Å². The first-order valence-corrected chi connectivity index (χ1v) is 15.2. The second-order valence-electron chi connectivity index (χ2n) is 12.4. The van der Waals surface area contributed by atoms with Crippen LogP contribution in [0.2, 0.25) is 0 Å². The average molecular weight is 535 g/mol. The molecule has 4 nitrogen and oxygen atoms in total. The number of aryl methyl sites for hydroxylation is 1. The van der Waals surface area contributed by atoms with Gasteiger partial charge in [-0.3, -0.25) is 9.59 Å². The molecule has 1 unspecified atom stereocenters. The van der Waals surface area contributed by atoms with E-state index >= 15 is 0 Å². The molecule has 0 aliphatic carbocycles. The summed E-state index contributed by atoms with van der Waals surface area (Å²) in [5.41, 5.74) is 3.86. The lowest BCUT2D eigenvalue weighted by atomic mass is 9.72. The van der Waals surface area contributed by atoms with Gasteiger partial charge in [-0.05, 0) is 48.8 Å². The molecular weight excluding hydrogens is 484 g/mol. The third-order valence-corrected chi connectivity index (χ3v) is 8.27. The molecule has 1 atom stereocenters. The van der Waals surface area contributed by atoms with E-state index in [0.29, 0.717) is 25.2 Å². The van der Waals surface area contributed by atoms with Crippen molar-refractivity contribution < 1.29 is 19.1 Å². The number of hydrogen-bond acceptors (Lipinski definition) is 4. The number of esters is 2. The Morgan fingerprint density at radius 2 is 1.51 bits per heavy atom. The van der Waals surface area contributed by atoms with Gasteiger partial charge in [-0.1, -0.05) is 122 Å². The number of unbranched alkanes of at least 4 members (excludes halogenated alkanes) is 9. The number of benzene rings is 2. The van der Waals surface area contributed by atoms with Crippen LogP contribution in [0.4, 0.5) is 0 Å². The predicted molar refractivity (Wildman–Crippen MR) is 160 cm³/mol. The molecule has 0 fully saturated rings. The highest BCUT2D eigenvalue weighted by atomic mass is 16.5. The highest BCUT2D eigenvalue weighted by Gasteiger charge is 2.49. The molecule has 214 valence electrons. The second-order valence-corrected chi connectivity index (χ2v) is 12.4. The molecule has 0 radical (unpaired) electrons. The smallest absolute Gasteiger partial charge is 0.326 e. The Kier molecular flexibility index (Phi) is 11.2. The molecule has 0 saturated heterocycles. The number of hydrogen-bond donors (Lipinski definition) is 0. The summed E-state index contributed by atoms with van der Waals surface area (Å²) in [4.78, 5) is 26.0. The van der Waals surface area contributed by atoms with Gasteiger partial charge in [0, 0.05) is 17.5 Å². The van der Waals surface area contributed by atoms with E-state index < -0.39 is 5.41 Å². The molecule has 3 rings (SSSR count). The summed E-state index contributed by atoms with van der Waals surface area (Å²) in [6.07, 6.45) is 13.5.